The molecule has 0 aliphatic carbocycles. The van der Waals surface area contributed by atoms with Crippen molar-refractivity contribution in [3.63, 3.8) is 0 Å². The first-order valence-electron chi connectivity index (χ1n) is 39.6. The second kappa shape index (κ2) is 16.7. The third kappa shape index (κ3) is 7.32. The lowest BCUT2D eigenvalue weighted by molar-refractivity contribution is 0.586. The van der Waals surface area contributed by atoms with Crippen LogP contribution in [0, 0.1) is 13.8 Å². The number of nitrogens with zero attached hydrogens (tertiary/aromatic N) is 3. The number of benzene rings is 7. The van der Waals surface area contributed by atoms with E-state index in [9.17, 15) is 30.2 Å². The molecule has 5 aliphatic rings. The fourth-order valence-electron chi connectivity index (χ4n) is 13.6. The van der Waals surface area contributed by atoms with Crippen LogP contribution in [-0.2, 0) is 37.9 Å². The van der Waals surface area contributed by atoms with Crippen LogP contribution in [0.4, 0.5) is 51.2 Å². The van der Waals surface area contributed by atoms with Gasteiger partial charge in [-0.1, -0.05) is 187 Å². The second-order valence-electron chi connectivity index (χ2n) is 29.8. The Kier molecular flexibility index (Phi) is 7.05. The Morgan fingerprint density at radius 3 is 1.27 bits per heavy atom. The van der Waals surface area contributed by atoms with Crippen LogP contribution < -0.4 is 47.5 Å². The summed E-state index contributed by atoms with van der Waals surface area (Å²) in [7, 11) is 0. The third-order valence-corrected chi connectivity index (χ3v) is 19.3. The lowest BCUT2D eigenvalue weighted by Crippen LogP contribution is -2.70. The summed E-state index contributed by atoms with van der Waals surface area (Å²) in [4.78, 5) is 4.38. The van der Waals surface area contributed by atoms with Crippen molar-refractivity contribution in [1.82, 2.24) is 0 Å². The van der Waals surface area contributed by atoms with Crippen molar-refractivity contribution in [3.8, 4) is 0 Å². The predicted octanol–water partition coefficient (Wildman–Crippen LogP) is 17.9. The average molecular weight is 1130 g/mol. The highest BCUT2D eigenvalue weighted by Crippen LogP contribution is 2.61. The molecule has 14 rings (SSSR count). The molecular formula is C75H83B2N3S2. The quantitative estimate of drug-likeness (QED) is 0.160. The van der Waals surface area contributed by atoms with E-state index in [0.29, 0.717) is 16.7 Å². The van der Waals surface area contributed by atoms with Gasteiger partial charge in [0.1, 0.15) is 0 Å². The van der Waals surface area contributed by atoms with E-state index in [1.54, 1.807) is 45.6 Å². The first kappa shape index (κ1) is 34.7. The molecule has 3 nitrogen and oxygen atoms in total. The van der Waals surface area contributed by atoms with Crippen molar-refractivity contribution in [1.29, 1.82) is 0 Å². The molecule has 0 atom stereocenters. The van der Waals surface area contributed by atoms with Gasteiger partial charge in [0.25, 0.3) is 13.4 Å². The fraction of sp³-hybridized carbons (Fsp3) is 0.387. The van der Waals surface area contributed by atoms with Crippen molar-refractivity contribution in [2.75, 3.05) is 14.7 Å². The number of fused-ring (bicyclic) bond motifs is 10. The second-order valence-corrected chi connectivity index (χ2v) is 31.4. The van der Waals surface area contributed by atoms with Crippen molar-refractivity contribution in [2.45, 2.75) is 190 Å². The molecule has 0 unspecified atom stereocenters. The van der Waals surface area contributed by atoms with Gasteiger partial charge in [0.2, 0.25) is 0 Å². The Morgan fingerprint density at radius 1 is 0.415 bits per heavy atom. The largest absolute Gasteiger partial charge is 0.312 e. The summed E-state index contributed by atoms with van der Waals surface area (Å²) in [6, 6.07) is -3.96. The molecule has 0 fully saturated rings. The lowest BCUT2D eigenvalue weighted by Gasteiger charge is -2.55. The van der Waals surface area contributed by atoms with Crippen LogP contribution in [-0.4, -0.2) is 13.4 Å². The molecule has 0 N–H and O–H groups in total. The minimum atomic E-state index is -3.67. The topological polar surface area (TPSA) is 9.72 Å². The molecular weight excluding hydrogens is 1030 g/mol. The summed E-state index contributed by atoms with van der Waals surface area (Å²) < 4.78 is 232. The number of hydrogen-bond acceptors (Lipinski definition) is 5. The van der Waals surface area contributed by atoms with Gasteiger partial charge < -0.3 is 14.7 Å². The smallest absolute Gasteiger partial charge is 0.252 e. The van der Waals surface area contributed by atoms with Crippen LogP contribution in [0.15, 0.2) is 101 Å². The summed E-state index contributed by atoms with van der Waals surface area (Å²) in [6.45, 7) is 25.7. The van der Waals surface area contributed by atoms with Crippen molar-refractivity contribution in [3.05, 3.63) is 157 Å². The summed E-state index contributed by atoms with van der Waals surface area (Å²) in [6.07, 6.45) is 0. The average Bonchev–Trinajstić information content (AvgIpc) is 0.923. The molecule has 0 spiro atoms. The van der Waals surface area contributed by atoms with E-state index in [2.05, 4.69) is 0 Å². The number of rotatable bonds is 2. The maximum absolute atomic E-state index is 11.8. The Labute approximate surface area is 530 Å². The van der Waals surface area contributed by atoms with Gasteiger partial charge in [0.05, 0.1) is 21.9 Å². The zero-order chi connectivity index (χ0) is 77.5. The van der Waals surface area contributed by atoms with Crippen molar-refractivity contribution < 1.29 is 30.2 Å². The van der Waals surface area contributed by atoms with Crippen LogP contribution in [0.1, 0.15) is 224 Å². The molecule has 416 valence electrons. The normalized spacial score (nSPS) is 20.0. The van der Waals surface area contributed by atoms with Gasteiger partial charge in [-0.15, -0.1) is 22.7 Å². The molecule has 2 aromatic heterocycles. The molecule has 0 bridgehead atoms. The van der Waals surface area contributed by atoms with Crippen LogP contribution in [0.5, 0.6) is 0 Å². The lowest BCUT2D eigenvalue weighted by atomic mass is 9.28. The number of anilines is 9. The fourth-order valence-corrected chi connectivity index (χ4v) is 16.1. The molecule has 7 aromatic carbocycles. The first-order valence-corrected chi connectivity index (χ1v) is 30.3. The summed E-state index contributed by atoms with van der Waals surface area (Å²) in [5, 5.41) is -0.121. The molecule has 0 radical (unpaired) electrons. The SMILES string of the molecule is [2H]c1sc2c3c4c(c([2H])c2c1C(C)(C)C)B1c2cc(C(C)(C)C)c([2H])c([2H])c2N(c2c([2H])c([2H])c(C(C)(C)C)c(C)c2[2H])c2c([2H])c5c6c(c21)N4c1c(c([2H])c2c(C(C)(C)C)c([2H])sc2c1C3(C([2H])([2H])[2H])C([2H])([2H])[2H])B6c1c([2H])c(C(C)(C)C)c([2H])c([2H])c1N5c1c([2H])c([2H])c(C(C)(C)C)c(C)c1[2H]. The van der Waals surface area contributed by atoms with Gasteiger partial charge >= 0.3 is 0 Å². The van der Waals surface area contributed by atoms with E-state index >= 15 is 0 Å². The molecule has 9 aromatic rings. The third-order valence-electron chi connectivity index (χ3n) is 17.4. The summed E-state index contributed by atoms with van der Waals surface area (Å²) in [5.74, 6) is 0. The molecule has 7 heteroatoms. The molecule has 0 amide bonds. The minimum absolute atomic E-state index is 0.0142. The van der Waals surface area contributed by atoms with Gasteiger partial charge in [-0.3, -0.25) is 0 Å². The molecule has 5 aliphatic heterocycles. The van der Waals surface area contributed by atoms with Crippen LogP contribution in [0.2, 0.25) is 0 Å². The Balaban J connectivity index is 1.41. The van der Waals surface area contributed by atoms with E-state index in [-0.39, 0.29) is 202 Å². The van der Waals surface area contributed by atoms with Gasteiger partial charge in [0, 0.05) is 85.4 Å². The van der Waals surface area contributed by atoms with Crippen molar-refractivity contribution >= 4 is 140 Å². The monoisotopic (exact) mass is 1130 g/mol. The standard InChI is InChI=1S/C75H83B2N3S2/c1-40-31-44(25-27-48(40)71(9,10)11)78-56-29-23-42(69(3,4)5)33-52(56)76-54-35-46-50(73(15,16)17)38-81-67(46)60-64(54)80-65-55(36-47-51(74(18,19)20)39-82-68(47)61(65)75(60,21)22)77-53-34-43(70(6,7)8)24-30-57(53)79(59-37-58(78)62(76)66(80)63(59)77)45-26-28-49(41(2)32-45)72(12,13)14/h23-39H,1-22H3/i21D3,22D3,23D,24D,25D,26D,27D,28D,29D,30D,31D,32D,33D,35D,36D,37D,38D,39D. The van der Waals surface area contributed by atoms with E-state index in [1.165, 1.54) is 9.80 Å². The predicted molar refractivity (Wildman–Crippen MR) is 364 cm³/mol. The molecule has 0 saturated carbocycles. The Morgan fingerprint density at radius 2 is 0.841 bits per heavy atom. The van der Waals surface area contributed by atoms with E-state index < -0.39 is 101 Å². The zero-order valence-corrected chi connectivity index (χ0v) is 52.5. The summed E-state index contributed by atoms with van der Waals surface area (Å²) >= 11 is 1.65. The van der Waals surface area contributed by atoms with E-state index in [0.717, 1.165) is 22.7 Å². The maximum atomic E-state index is 11.8. The molecule has 7 heterocycles. The van der Waals surface area contributed by atoms with Crippen LogP contribution >= 0.6 is 22.7 Å². The Hall–Kier alpha value is -6.01. The highest BCUT2D eigenvalue weighted by Gasteiger charge is 2.57. The van der Waals surface area contributed by atoms with Crippen molar-refractivity contribution in [2.24, 2.45) is 0 Å². The van der Waals surface area contributed by atoms with E-state index in [1.807, 2.05) is 104 Å². The highest BCUT2D eigenvalue weighted by atomic mass is 32.1. The van der Waals surface area contributed by atoms with Crippen LogP contribution in [0.3, 0.4) is 0 Å². The number of hydrogen-bond donors (Lipinski definition) is 0. The maximum Gasteiger partial charge on any atom is 0.252 e. The molecule has 82 heavy (non-hydrogen) atoms. The van der Waals surface area contributed by atoms with Gasteiger partial charge in [-0.25, -0.2) is 0 Å². The van der Waals surface area contributed by atoms with Gasteiger partial charge in [-0.05, 0) is 187 Å². The highest BCUT2D eigenvalue weighted by molar-refractivity contribution is 7.18. The first-order chi connectivity index (χ1) is 47.3. The minimum Gasteiger partial charge on any atom is -0.312 e. The van der Waals surface area contributed by atoms with Gasteiger partial charge in [-0.2, -0.15) is 0 Å². The van der Waals surface area contributed by atoms with Crippen LogP contribution in [0.25, 0.3) is 20.2 Å². The Bertz CT molecular complexity index is 5430. The molecule has 0 saturated heterocycles. The summed E-state index contributed by atoms with van der Waals surface area (Å²) in [5.41, 5.74) is -9.59. The van der Waals surface area contributed by atoms with E-state index in [4.69, 9.17) is 0 Å². The zero-order valence-electron chi connectivity index (χ0n) is 72.9. The van der Waals surface area contributed by atoms with Gasteiger partial charge in [0.15, 0.2) is 0 Å². The number of thiophene rings is 2.